The van der Waals surface area contributed by atoms with Crippen LogP contribution in [0.1, 0.15) is 23.2 Å². The van der Waals surface area contributed by atoms with E-state index in [1.54, 1.807) is 12.1 Å². The molecule has 6 nitrogen and oxygen atoms in total. The minimum Gasteiger partial charge on any atom is -0.478 e. The van der Waals surface area contributed by atoms with Crippen molar-refractivity contribution in [3.05, 3.63) is 29.8 Å². The van der Waals surface area contributed by atoms with Crippen LogP contribution in [0.2, 0.25) is 0 Å². The van der Waals surface area contributed by atoms with Gasteiger partial charge in [0, 0.05) is 6.42 Å². The molecule has 1 atom stereocenters. The zero-order valence-corrected chi connectivity index (χ0v) is 9.47. The largest absolute Gasteiger partial charge is 0.478 e. The molecule has 1 aliphatic rings. The number of hydrogen-bond donors (Lipinski definition) is 3. The summed E-state index contributed by atoms with van der Waals surface area (Å²) in [7, 11) is 0. The second-order valence-electron chi connectivity index (χ2n) is 4.00. The molecule has 1 aromatic carbocycles. The highest BCUT2D eigenvalue weighted by Crippen LogP contribution is 2.16. The van der Waals surface area contributed by atoms with Gasteiger partial charge in [-0.25, -0.2) is 4.79 Å². The quantitative estimate of drug-likeness (QED) is 0.730. The summed E-state index contributed by atoms with van der Waals surface area (Å²) in [6.45, 7) is 0. The van der Waals surface area contributed by atoms with E-state index in [4.69, 9.17) is 5.11 Å². The molecule has 1 aromatic rings. The molecule has 3 N–H and O–H groups in total. The van der Waals surface area contributed by atoms with Crippen LogP contribution in [-0.4, -0.2) is 28.9 Å². The topological polar surface area (TPSA) is 95.5 Å². The van der Waals surface area contributed by atoms with E-state index >= 15 is 0 Å². The number of carbonyl (C=O) groups excluding carboxylic acids is 2. The van der Waals surface area contributed by atoms with Crippen molar-refractivity contribution in [2.24, 2.45) is 0 Å². The Bertz CT molecular complexity index is 513. The van der Waals surface area contributed by atoms with Gasteiger partial charge in [0.2, 0.25) is 11.8 Å². The maximum Gasteiger partial charge on any atom is 0.337 e. The monoisotopic (exact) mass is 248 g/mol. The third-order valence-corrected chi connectivity index (χ3v) is 2.73. The van der Waals surface area contributed by atoms with Crippen LogP contribution in [0.5, 0.6) is 0 Å². The molecule has 0 spiro atoms. The molecule has 0 saturated carbocycles. The Balaban J connectivity index is 2.12. The molecule has 0 aromatic heterocycles. The first-order valence-electron chi connectivity index (χ1n) is 5.50. The van der Waals surface area contributed by atoms with E-state index in [0.717, 1.165) is 0 Å². The molecule has 18 heavy (non-hydrogen) atoms. The van der Waals surface area contributed by atoms with Gasteiger partial charge in [-0.1, -0.05) is 12.1 Å². The van der Waals surface area contributed by atoms with Crippen molar-refractivity contribution in [2.75, 3.05) is 5.32 Å². The molecular weight excluding hydrogens is 236 g/mol. The molecule has 1 unspecified atom stereocenters. The minimum atomic E-state index is -1.11. The highest BCUT2D eigenvalue weighted by Gasteiger charge is 2.27. The number of benzene rings is 1. The van der Waals surface area contributed by atoms with Gasteiger partial charge in [-0.15, -0.1) is 0 Å². The molecule has 0 aliphatic carbocycles. The molecule has 2 amide bonds. The van der Waals surface area contributed by atoms with E-state index in [0.29, 0.717) is 12.8 Å². The van der Waals surface area contributed by atoms with Gasteiger partial charge in [0.1, 0.15) is 6.04 Å². The van der Waals surface area contributed by atoms with Gasteiger partial charge in [0.25, 0.3) is 0 Å². The highest BCUT2D eigenvalue weighted by molar-refractivity contribution is 6.03. The highest BCUT2D eigenvalue weighted by atomic mass is 16.4. The van der Waals surface area contributed by atoms with Crippen molar-refractivity contribution in [3.8, 4) is 0 Å². The summed E-state index contributed by atoms with van der Waals surface area (Å²) in [5, 5.41) is 14.0. The van der Waals surface area contributed by atoms with Gasteiger partial charge in [0.05, 0.1) is 11.3 Å². The number of nitrogens with one attached hydrogen (secondary N) is 2. The second-order valence-corrected chi connectivity index (χ2v) is 4.00. The average molecular weight is 248 g/mol. The normalized spacial score (nSPS) is 18.2. The lowest BCUT2D eigenvalue weighted by molar-refractivity contribution is -0.122. The van der Waals surface area contributed by atoms with Gasteiger partial charge >= 0.3 is 5.97 Å². The summed E-state index contributed by atoms with van der Waals surface area (Å²) < 4.78 is 0. The molecule has 1 saturated heterocycles. The Kier molecular flexibility index (Phi) is 3.27. The summed E-state index contributed by atoms with van der Waals surface area (Å²) in [5.41, 5.74) is 0.256. The van der Waals surface area contributed by atoms with E-state index in [1.807, 2.05) is 0 Å². The van der Waals surface area contributed by atoms with E-state index in [9.17, 15) is 14.4 Å². The minimum absolute atomic E-state index is 0.0233. The maximum absolute atomic E-state index is 11.8. The van der Waals surface area contributed by atoms with Gasteiger partial charge < -0.3 is 15.7 Å². The molecule has 1 fully saturated rings. The van der Waals surface area contributed by atoms with Crippen LogP contribution >= 0.6 is 0 Å². The Morgan fingerprint density at radius 1 is 1.33 bits per heavy atom. The van der Waals surface area contributed by atoms with Gasteiger partial charge in [0.15, 0.2) is 0 Å². The molecule has 6 heteroatoms. The number of para-hydroxylation sites is 1. The van der Waals surface area contributed by atoms with Crippen LogP contribution in [0.4, 0.5) is 5.69 Å². The fourth-order valence-corrected chi connectivity index (χ4v) is 1.81. The summed E-state index contributed by atoms with van der Waals surface area (Å²) in [4.78, 5) is 33.8. The third kappa shape index (κ3) is 2.48. The van der Waals surface area contributed by atoms with Crippen molar-refractivity contribution in [2.45, 2.75) is 18.9 Å². The molecule has 1 heterocycles. The number of carboxylic acids is 1. The predicted octanol–water partition coefficient (Wildman–Crippen LogP) is 0.602. The van der Waals surface area contributed by atoms with Crippen molar-refractivity contribution < 1.29 is 19.5 Å². The SMILES string of the molecule is O=C1CCC(C(=O)Nc2ccccc2C(=O)O)N1. The van der Waals surface area contributed by atoms with Crippen LogP contribution in [0, 0.1) is 0 Å². The lowest BCUT2D eigenvalue weighted by Gasteiger charge is -2.12. The predicted molar refractivity (Wildman–Crippen MR) is 63.2 cm³/mol. The number of carbonyl (C=O) groups is 3. The summed E-state index contributed by atoms with van der Waals surface area (Å²) in [6.07, 6.45) is 0.749. The van der Waals surface area contributed by atoms with Crippen molar-refractivity contribution in [1.82, 2.24) is 5.32 Å². The summed E-state index contributed by atoms with van der Waals surface area (Å²) in [5.74, 6) is -1.67. The molecule has 1 aliphatic heterocycles. The molecule has 0 radical (unpaired) electrons. The Morgan fingerprint density at radius 2 is 2.06 bits per heavy atom. The van der Waals surface area contributed by atoms with Crippen LogP contribution < -0.4 is 10.6 Å². The van der Waals surface area contributed by atoms with E-state index in [-0.39, 0.29) is 17.2 Å². The summed E-state index contributed by atoms with van der Waals surface area (Å²) >= 11 is 0. The fourth-order valence-electron chi connectivity index (χ4n) is 1.81. The first-order chi connectivity index (χ1) is 8.58. The van der Waals surface area contributed by atoms with Crippen LogP contribution in [0.15, 0.2) is 24.3 Å². The Hall–Kier alpha value is -2.37. The van der Waals surface area contributed by atoms with Crippen LogP contribution in [0.3, 0.4) is 0 Å². The average Bonchev–Trinajstić information content (AvgIpc) is 2.76. The zero-order valence-electron chi connectivity index (χ0n) is 9.47. The standard InChI is InChI=1S/C12H12N2O4/c15-10-6-5-9(13-10)11(16)14-8-4-2-1-3-7(8)12(17)18/h1-4,9H,5-6H2,(H,13,15)(H,14,16)(H,17,18). The van der Waals surface area contributed by atoms with E-state index in [1.165, 1.54) is 12.1 Å². The van der Waals surface area contributed by atoms with Crippen molar-refractivity contribution >= 4 is 23.5 Å². The number of anilines is 1. The van der Waals surface area contributed by atoms with Crippen molar-refractivity contribution in [1.29, 1.82) is 0 Å². The second kappa shape index (κ2) is 4.87. The zero-order chi connectivity index (χ0) is 13.1. The summed E-state index contributed by atoms with van der Waals surface area (Å²) in [6, 6.07) is 5.55. The maximum atomic E-state index is 11.8. The molecule has 2 rings (SSSR count). The van der Waals surface area contributed by atoms with Crippen molar-refractivity contribution in [3.63, 3.8) is 0 Å². The fraction of sp³-hybridized carbons (Fsp3) is 0.250. The van der Waals surface area contributed by atoms with E-state index < -0.39 is 17.9 Å². The smallest absolute Gasteiger partial charge is 0.337 e. The van der Waals surface area contributed by atoms with E-state index in [2.05, 4.69) is 10.6 Å². The van der Waals surface area contributed by atoms with Crippen LogP contribution in [0.25, 0.3) is 0 Å². The first kappa shape index (κ1) is 12.1. The third-order valence-electron chi connectivity index (χ3n) is 2.73. The Labute approximate surface area is 103 Å². The van der Waals surface area contributed by atoms with Gasteiger partial charge in [-0.05, 0) is 18.6 Å². The number of carboxylic acid groups (broad SMARTS) is 1. The molecule has 94 valence electrons. The lowest BCUT2D eigenvalue weighted by atomic mass is 10.1. The molecule has 0 bridgehead atoms. The van der Waals surface area contributed by atoms with Gasteiger partial charge in [-0.2, -0.15) is 0 Å². The number of aromatic carboxylic acids is 1. The number of hydrogen-bond acceptors (Lipinski definition) is 3. The number of amides is 2. The number of rotatable bonds is 3. The lowest BCUT2D eigenvalue weighted by Crippen LogP contribution is -2.37. The molecular formula is C12H12N2O4. The Morgan fingerprint density at radius 3 is 2.67 bits per heavy atom. The van der Waals surface area contributed by atoms with Crippen LogP contribution in [-0.2, 0) is 9.59 Å². The van der Waals surface area contributed by atoms with Gasteiger partial charge in [-0.3, -0.25) is 9.59 Å². The first-order valence-corrected chi connectivity index (χ1v) is 5.50.